The smallest absolute Gasteiger partial charge is 0.347 e. The second-order valence-electron chi connectivity index (χ2n) is 11.1. The SMILES string of the molecule is CCCCCCCn1nc(NCCCCc2cccc(SC(C)COC(=O)CC)c2)c(=O)n(CCCCCCC)c1=O. The number of aromatic nitrogens is 3. The second-order valence-corrected chi connectivity index (χ2v) is 12.6. The fraction of sp³-hybridized carbons (Fsp3) is 0.697. The molecule has 0 amide bonds. The van der Waals surface area contributed by atoms with Crippen molar-refractivity contribution < 1.29 is 9.53 Å². The van der Waals surface area contributed by atoms with Gasteiger partial charge in [-0.15, -0.1) is 16.9 Å². The van der Waals surface area contributed by atoms with Crippen LogP contribution in [0.25, 0.3) is 0 Å². The minimum atomic E-state index is -0.304. The maximum Gasteiger partial charge on any atom is 0.347 e. The number of anilines is 1. The van der Waals surface area contributed by atoms with Crippen molar-refractivity contribution >= 4 is 23.5 Å². The lowest BCUT2D eigenvalue weighted by Gasteiger charge is -2.13. The van der Waals surface area contributed by atoms with E-state index in [0.29, 0.717) is 32.7 Å². The highest BCUT2D eigenvalue weighted by molar-refractivity contribution is 8.00. The molecule has 0 fully saturated rings. The number of aryl methyl sites for hydroxylation is 2. The highest BCUT2D eigenvalue weighted by atomic mass is 32.2. The summed E-state index contributed by atoms with van der Waals surface area (Å²) < 4.78 is 8.15. The van der Waals surface area contributed by atoms with E-state index in [1.807, 2.05) is 0 Å². The predicted molar refractivity (Wildman–Crippen MR) is 175 cm³/mol. The molecule has 0 aliphatic carbocycles. The van der Waals surface area contributed by atoms with Crippen molar-refractivity contribution in [3.8, 4) is 0 Å². The van der Waals surface area contributed by atoms with Crippen molar-refractivity contribution in [1.82, 2.24) is 14.3 Å². The van der Waals surface area contributed by atoms with E-state index in [2.05, 4.69) is 55.5 Å². The molecule has 0 bridgehead atoms. The molecule has 0 aliphatic heterocycles. The average Bonchev–Trinajstić information content (AvgIpc) is 2.99. The van der Waals surface area contributed by atoms with Crippen LogP contribution >= 0.6 is 11.8 Å². The Morgan fingerprint density at radius 1 is 0.929 bits per heavy atom. The van der Waals surface area contributed by atoms with Crippen LogP contribution in [0.5, 0.6) is 0 Å². The van der Waals surface area contributed by atoms with Crippen molar-refractivity contribution in [1.29, 1.82) is 0 Å². The molecule has 0 radical (unpaired) electrons. The minimum Gasteiger partial charge on any atom is -0.465 e. The molecule has 42 heavy (non-hydrogen) atoms. The summed E-state index contributed by atoms with van der Waals surface area (Å²) in [6.45, 7) is 10.3. The van der Waals surface area contributed by atoms with Gasteiger partial charge in [0.2, 0.25) is 5.82 Å². The summed E-state index contributed by atoms with van der Waals surface area (Å²) in [6.07, 6.45) is 14.0. The van der Waals surface area contributed by atoms with Crippen LogP contribution in [0.15, 0.2) is 38.8 Å². The van der Waals surface area contributed by atoms with Gasteiger partial charge in [-0.1, -0.05) is 84.3 Å². The monoisotopic (exact) mass is 602 g/mol. The first-order valence-corrected chi connectivity index (χ1v) is 17.1. The van der Waals surface area contributed by atoms with Crippen LogP contribution in [-0.4, -0.2) is 38.7 Å². The number of thioether (sulfide) groups is 1. The molecule has 0 aliphatic rings. The van der Waals surface area contributed by atoms with Crippen LogP contribution in [0.3, 0.4) is 0 Å². The number of carbonyl (C=O) groups is 1. The molecule has 236 valence electrons. The Balaban J connectivity index is 1.93. The van der Waals surface area contributed by atoms with Crippen LogP contribution in [0.2, 0.25) is 0 Å². The molecule has 0 spiro atoms. The van der Waals surface area contributed by atoms with Gasteiger partial charge in [0.15, 0.2) is 0 Å². The highest BCUT2D eigenvalue weighted by Crippen LogP contribution is 2.25. The molecule has 1 aromatic carbocycles. The Labute approximate surface area is 257 Å². The molecule has 9 heteroatoms. The first-order valence-electron chi connectivity index (χ1n) is 16.3. The molecule has 1 N–H and O–H groups in total. The number of ether oxygens (including phenoxy) is 1. The normalized spacial score (nSPS) is 11.9. The van der Waals surface area contributed by atoms with Gasteiger partial charge in [0.1, 0.15) is 6.61 Å². The molecule has 0 saturated heterocycles. The molecular weight excluding hydrogens is 548 g/mol. The lowest BCUT2D eigenvalue weighted by molar-refractivity contribution is -0.143. The van der Waals surface area contributed by atoms with Gasteiger partial charge in [-0.05, 0) is 56.7 Å². The van der Waals surface area contributed by atoms with E-state index < -0.39 is 0 Å². The molecule has 1 atom stereocenters. The molecule has 2 aromatic rings. The van der Waals surface area contributed by atoms with Gasteiger partial charge in [-0.3, -0.25) is 14.2 Å². The number of nitrogens with one attached hydrogen (secondary N) is 1. The van der Waals surface area contributed by atoms with Crippen molar-refractivity contribution in [2.45, 2.75) is 141 Å². The predicted octanol–water partition coefficient (Wildman–Crippen LogP) is 7.21. The number of unbranched alkanes of at least 4 members (excludes halogenated alkanes) is 9. The van der Waals surface area contributed by atoms with Crippen LogP contribution in [0, 0.1) is 0 Å². The zero-order chi connectivity index (χ0) is 30.6. The van der Waals surface area contributed by atoms with Crippen LogP contribution < -0.4 is 16.6 Å². The number of hydrogen-bond acceptors (Lipinski definition) is 7. The maximum absolute atomic E-state index is 13.2. The summed E-state index contributed by atoms with van der Waals surface area (Å²) >= 11 is 1.71. The van der Waals surface area contributed by atoms with Crippen LogP contribution in [0.4, 0.5) is 5.82 Å². The molecule has 8 nitrogen and oxygen atoms in total. The zero-order valence-corrected chi connectivity index (χ0v) is 27.3. The number of esters is 1. The van der Waals surface area contributed by atoms with E-state index in [0.717, 1.165) is 64.2 Å². The molecule has 0 saturated carbocycles. The summed E-state index contributed by atoms with van der Waals surface area (Å²) in [5.74, 6) is 0.121. The van der Waals surface area contributed by atoms with E-state index >= 15 is 0 Å². The second kappa shape index (κ2) is 21.2. The zero-order valence-electron chi connectivity index (χ0n) is 26.5. The summed E-state index contributed by atoms with van der Waals surface area (Å²) in [5, 5.41) is 7.89. The largest absolute Gasteiger partial charge is 0.465 e. The number of hydrogen-bond donors (Lipinski definition) is 1. The van der Waals surface area contributed by atoms with Crippen molar-refractivity contribution in [2.24, 2.45) is 0 Å². The van der Waals surface area contributed by atoms with Gasteiger partial charge in [0.05, 0.1) is 0 Å². The van der Waals surface area contributed by atoms with E-state index in [1.54, 1.807) is 18.7 Å². The standard InChI is InChI=1S/C33H54N4O4S/c1-5-8-10-12-16-23-36-32(39)31(35-37(33(36)40)24-17-13-11-9-6-2)34-22-15-14-19-28-20-18-21-29(25-28)42-27(4)26-41-30(38)7-3/h18,20-21,25,27H,5-17,19,22-24,26H2,1-4H3,(H,34,35). The third kappa shape index (κ3) is 13.6. The number of rotatable bonds is 23. The first kappa shape index (κ1) is 35.6. The Morgan fingerprint density at radius 3 is 2.31 bits per heavy atom. The molecule has 2 rings (SSSR count). The van der Waals surface area contributed by atoms with Gasteiger partial charge < -0.3 is 10.1 Å². The third-order valence-electron chi connectivity index (χ3n) is 7.27. The van der Waals surface area contributed by atoms with E-state index in [9.17, 15) is 14.4 Å². The summed E-state index contributed by atoms with van der Waals surface area (Å²) in [7, 11) is 0. The minimum absolute atomic E-state index is 0.164. The van der Waals surface area contributed by atoms with Crippen molar-refractivity contribution in [3.63, 3.8) is 0 Å². The van der Waals surface area contributed by atoms with Gasteiger partial charge in [-0.25, -0.2) is 9.48 Å². The van der Waals surface area contributed by atoms with Crippen molar-refractivity contribution in [2.75, 3.05) is 18.5 Å². The molecule has 1 aromatic heterocycles. The fourth-order valence-electron chi connectivity index (χ4n) is 4.77. The summed E-state index contributed by atoms with van der Waals surface area (Å²) in [6, 6.07) is 8.50. The maximum atomic E-state index is 13.2. The topological polar surface area (TPSA) is 95.2 Å². The van der Waals surface area contributed by atoms with Gasteiger partial charge >= 0.3 is 11.7 Å². The average molecular weight is 603 g/mol. The van der Waals surface area contributed by atoms with Crippen LogP contribution in [0.1, 0.15) is 117 Å². The third-order valence-corrected chi connectivity index (χ3v) is 8.33. The van der Waals surface area contributed by atoms with Gasteiger partial charge in [0.25, 0.3) is 5.56 Å². The Hall–Kier alpha value is -2.55. The lowest BCUT2D eigenvalue weighted by Crippen LogP contribution is -2.43. The summed E-state index contributed by atoms with van der Waals surface area (Å²) in [4.78, 5) is 38.9. The number of carbonyl (C=O) groups excluding carboxylic acids is 1. The quantitative estimate of drug-likeness (QED) is 0.0815. The number of nitrogens with zero attached hydrogens (tertiary/aromatic N) is 3. The van der Waals surface area contributed by atoms with E-state index in [1.165, 1.54) is 39.0 Å². The van der Waals surface area contributed by atoms with Gasteiger partial charge in [-0.2, -0.15) is 0 Å². The Morgan fingerprint density at radius 2 is 1.62 bits per heavy atom. The van der Waals surface area contributed by atoms with Gasteiger partial charge in [0, 0.05) is 36.2 Å². The summed E-state index contributed by atoms with van der Waals surface area (Å²) in [5.41, 5.74) is 0.672. The van der Waals surface area contributed by atoms with E-state index in [4.69, 9.17) is 4.74 Å². The van der Waals surface area contributed by atoms with Crippen LogP contribution in [-0.2, 0) is 29.0 Å². The molecular formula is C33H54N4O4S. The van der Waals surface area contributed by atoms with E-state index in [-0.39, 0.29) is 28.3 Å². The Kier molecular flexibility index (Phi) is 18.0. The molecule has 1 unspecified atom stereocenters. The number of benzene rings is 1. The fourth-order valence-corrected chi connectivity index (χ4v) is 5.74. The Bertz CT molecular complexity index is 1160. The molecule has 1 heterocycles. The first-order chi connectivity index (χ1) is 20.4. The highest BCUT2D eigenvalue weighted by Gasteiger charge is 2.13. The van der Waals surface area contributed by atoms with Crippen molar-refractivity contribution in [3.05, 3.63) is 50.7 Å². The lowest BCUT2D eigenvalue weighted by atomic mass is 10.1.